The number of hydrogen-bond donors (Lipinski definition) is 1. The lowest BCUT2D eigenvalue weighted by Gasteiger charge is -2.24. The first-order valence-corrected chi connectivity index (χ1v) is 4.99. The minimum Gasteiger partial charge on any atom is -0.345 e. The van der Waals surface area contributed by atoms with Crippen molar-refractivity contribution in [3.05, 3.63) is 0 Å². The number of carbonyl (C=O) groups is 1. The van der Waals surface area contributed by atoms with Crippen LogP contribution < -0.4 is 5.73 Å². The zero-order valence-electron chi connectivity index (χ0n) is 9.21. The van der Waals surface area contributed by atoms with Gasteiger partial charge in [0.2, 0.25) is 5.91 Å². The summed E-state index contributed by atoms with van der Waals surface area (Å²) in [6.45, 7) is 7.41. The van der Waals surface area contributed by atoms with Gasteiger partial charge in [-0.25, -0.2) is 0 Å². The lowest BCUT2D eigenvalue weighted by atomic mass is 9.94. The van der Waals surface area contributed by atoms with E-state index in [1.165, 1.54) is 0 Å². The predicted molar refractivity (Wildman–Crippen MR) is 55.3 cm³/mol. The highest BCUT2D eigenvalue weighted by molar-refractivity contribution is 5.79. The van der Waals surface area contributed by atoms with Gasteiger partial charge in [-0.1, -0.05) is 20.8 Å². The quantitative estimate of drug-likeness (QED) is 0.698. The van der Waals surface area contributed by atoms with Crippen molar-refractivity contribution in [1.29, 1.82) is 0 Å². The van der Waals surface area contributed by atoms with Crippen molar-refractivity contribution in [2.24, 2.45) is 17.6 Å². The number of nitrogens with two attached hydrogens (primary N) is 1. The first-order chi connectivity index (χ1) is 6.04. The van der Waals surface area contributed by atoms with E-state index in [1.54, 1.807) is 4.90 Å². The van der Waals surface area contributed by atoms with Gasteiger partial charge in [-0.3, -0.25) is 4.79 Å². The number of nitrogens with zero attached hydrogens (tertiary/aromatic N) is 1. The van der Waals surface area contributed by atoms with Gasteiger partial charge in [0.1, 0.15) is 0 Å². The Bertz CT molecular complexity index is 157. The molecule has 13 heavy (non-hydrogen) atoms. The van der Waals surface area contributed by atoms with Crippen molar-refractivity contribution in [3.63, 3.8) is 0 Å². The molecule has 0 spiro atoms. The second-order valence-electron chi connectivity index (χ2n) is 3.85. The third kappa shape index (κ3) is 3.77. The van der Waals surface area contributed by atoms with Crippen molar-refractivity contribution in [1.82, 2.24) is 4.90 Å². The minimum absolute atomic E-state index is 0.0171. The smallest absolute Gasteiger partial charge is 0.226 e. The van der Waals surface area contributed by atoms with E-state index < -0.39 is 0 Å². The highest BCUT2D eigenvalue weighted by Crippen LogP contribution is 2.12. The lowest BCUT2D eigenvalue weighted by molar-refractivity contribution is -0.135. The predicted octanol–water partition coefficient (Wildman–Crippen LogP) is 1.09. The summed E-state index contributed by atoms with van der Waals surface area (Å²) < 4.78 is 0. The Morgan fingerprint density at radius 3 is 2.31 bits per heavy atom. The van der Waals surface area contributed by atoms with Gasteiger partial charge < -0.3 is 10.6 Å². The largest absolute Gasteiger partial charge is 0.345 e. The molecule has 0 saturated carbocycles. The zero-order valence-corrected chi connectivity index (χ0v) is 9.21. The molecule has 0 aromatic rings. The van der Waals surface area contributed by atoms with Crippen LogP contribution in [0.2, 0.25) is 0 Å². The van der Waals surface area contributed by atoms with Gasteiger partial charge in [0.15, 0.2) is 0 Å². The SMILES string of the molecule is CCCN(C)C(=O)C(CN)C(C)C. The molecule has 0 aliphatic rings. The monoisotopic (exact) mass is 186 g/mol. The van der Waals surface area contributed by atoms with E-state index in [1.807, 2.05) is 20.9 Å². The Labute approximate surface area is 81.3 Å². The van der Waals surface area contributed by atoms with Gasteiger partial charge >= 0.3 is 0 Å². The molecule has 1 amide bonds. The van der Waals surface area contributed by atoms with Crippen LogP contribution in [0.5, 0.6) is 0 Å². The molecule has 1 unspecified atom stereocenters. The van der Waals surface area contributed by atoms with Gasteiger partial charge in [0.05, 0.1) is 5.92 Å². The van der Waals surface area contributed by atoms with Crippen LogP contribution in [0, 0.1) is 11.8 Å². The first-order valence-electron chi connectivity index (χ1n) is 4.99. The molecule has 0 rings (SSSR count). The summed E-state index contributed by atoms with van der Waals surface area (Å²) in [6.07, 6.45) is 0.998. The second kappa shape index (κ2) is 5.97. The molecule has 2 N–H and O–H groups in total. The number of amides is 1. The van der Waals surface area contributed by atoms with Crippen LogP contribution in [-0.2, 0) is 4.79 Å². The fraction of sp³-hybridized carbons (Fsp3) is 0.900. The maximum absolute atomic E-state index is 11.8. The van der Waals surface area contributed by atoms with Crippen LogP contribution in [0.3, 0.4) is 0 Å². The summed E-state index contributed by atoms with van der Waals surface area (Å²) in [5.74, 6) is 0.493. The number of carbonyl (C=O) groups excluding carboxylic acids is 1. The molecule has 0 fully saturated rings. The molecular formula is C10H22N2O. The normalized spacial score (nSPS) is 13.1. The molecule has 0 aliphatic heterocycles. The molecule has 1 atom stereocenters. The summed E-state index contributed by atoms with van der Waals surface area (Å²) >= 11 is 0. The van der Waals surface area contributed by atoms with Crippen molar-refractivity contribution >= 4 is 5.91 Å². The molecule has 0 aromatic carbocycles. The van der Waals surface area contributed by atoms with Crippen molar-refractivity contribution in [3.8, 4) is 0 Å². The van der Waals surface area contributed by atoms with Gasteiger partial charge in [-0.05, 0) is 12.3 Å². The van der Waals surface area contributed by atoms with E-state index in [0.29, 0.717) is 12.5 Å². The second-order valence-corrected chi connectivity index (χ2v) is 3.85. The van der Waals surface area contributed by atoms with Crippen molar-refractivity contribution in [2.75, 3.05) is 20.1 Å². The lowest BCUT2D eigenvalue weighted by Crippen LogP contribution is -2.39. The molecule has 3 heteroatoms. The molecule has 0 aromatic heterocycles. The fourth-order valence-electron chi connectivity index (χ4n) is 1.39. The fourth-order valence-corrected chi connectivity index (χ4v) is 1.39. The average Bonchev–Trinajstić information content (AvgIpc) is 2.05. The summed E-state index contributed by atoms with van der Waals surface area (Å²) in [7, 11) is 1.84. The Hall–Kier alpha value is -0.570. The van der Waals surface area contributed by atoms with E-state index in [0.717, 1.165) is 13.0 Å². The zero-order chi connectivity index (χ0) is 10.4. The van der Waals surface area contributed by atoms with Crippen molar-refractivity contribution in [2.45, 2.75) is 27.2 Å². The highest BCUT2D eigenvalue weighted by Gasteiger charge is 2.22. The number of hydrogen-bond acceptors (Lipinski definition) is 2. The Morgan fingerprint density at radius 1 is 1.46 bits per heavy atom. The Kier molecular flexibility index (Phi) is 5.71. The molecule has 0 heterocycles. The van der Waals surface area contributed by atoms with E-state index in [4.69, 9.17) is 5.73 Å². The Balaban J connectivity index is 4.19. The molecule has 78 valence electrons. The first kappa shape index (κ1) is 12.4. The molecule has 0 bridgehead atoms. The third-order valence-corrected chi connectivity index (χ3v) is 2.31. The Morgan fingerprint density at radius 2 is 2.00 bits per heavy atom. The van der Waals surface area contributed by atoms with Crippen LogP contribution in [0.1, 0.15) is 27.2 Å². The molecule has 0 radical (unpaired) electrons. The summed E-state index contributed by atoms with van der Waals surface area (Å²) in [6, 6.07) is 0. The standard InChI is InChI=1S/C10H22N2O/c1-5-6-12(4)10(13)9(7-11)8(2)3/h8-9H,5-7,11H2,1-4H3. The highest BCUT2D eigenvalue weighted by atomic mass is 16.2. The van der Waals surface area contributed by atoms with Crippen LogP contribution in [0.15, 0.2) is 0 Å². The van der Waals surface area contributed by atoms with Crippen molar-refractivity contribution < 1.29 is 4.79 Å². The summed E-state index contributed by atoms with van der Waals surface area (Å²) in [5, 5.41) is 0. The van der Waals surface area contributed by atoms with E-state index in [-0.39, 0.29) is 11.8 Å². The van der Waals surface area contributed by atoms with Crippen LogP contribution in [-0.4, -0.2) is 30.9 Å². The van der Waals surface area contributed by atoms with Crippen LogP contribution >= 0.6 is 0 Å². The van der Waals surface area contributed by atoms with Gasteiger partial charge in [0.25, 0.3) is 0 Å². The van der Waals surface area contributed by atoms with Gasteiger partial charge in [-0.15, -0.1) is 0 Å². The van der Waals surface area contributed by atoms with Gasteiger partial charge in [0, 0.05) is 20.1 Å². The number of rotatable bonds is 5. The average molecular weight is 186 g/mol. The minimum atomic E-state index is -0.0171. The van der Waals surface area contributed by atoms with E-state index >= 15 is 0 Å². The third-order valence-electron chi connectivity index (χ3n) is 2.31. The van der Waals surface area contributed by atoms with Crippen LogP contribution in [0.25, 0.3) is 0 Å². The molecule has 0 saturated heterocycles. The van der Waals surface area contributed by atoms with Gasteiger partial charge in [-0.2, -0.15) is 0 Å². The molecule has 0 aliphatic carbocycles. The molecular weight excluding hydrogens is 164 g/mol. The van der Waals surface area contributed by atoms with E-state index in [2.05, 4.69) is 6.92 Å². The summed E-state index contributed by atoms with van der Waals surface area (Å²) in [4.78, 5) is 13.5. The maximum atomic E-state index is 11.8. The van der Waals surface area contributed by atoms with E-state index in [9.17, 15) is 4.79 Å². The molecule has 3 nitrogen and oxygen atoms in total. The van der Waals surface area contributed by atoms with Crippen LogP contribution in [0.4, 0.5) is 0 Å². The summed E-state index contributed by atoms with van der Waals surface area (Å²) in [5.41, 5.74) is 5.56. The maximum Gasteiger partial charge on any atom is 0.226 e. The topological polar surface area (TPSA) is 46.3 Å².